The molecule has 1 aliphatic rings. The molecule has 3 aromatic rings. The average molecular weight is 447 g/mol. The van der Waals surface area contributed by atoms with Gasteiger partial charge in [-0.05, 0) is 61.9 Å². The molecule has 2 aromatic carbocycles. The smallest absolute Gasteiger partial charge is 0.261 e. The van der Waals surface area contributed by atoms with Crippen molar-refractivity contribution in [3.05, 3.63) is 57.3 Å². The van der Waals surface area contributed by atoms with Crippen molar-refractivity contribution >= 4 is 51.5 Å². The summed E-state index contributed by atoms with van der Waals surface area (Å²) in [6, 6.07) is 6.58. The number of benzene rings is 2. The molecule has 0 spiro atoms. The fraction of sp³-hybridized carbons (Fsp3) is 0.364. The Bertz CT molecular complexity index is 1150. The van der Waals surface area contributed by atoms with E-state index < -0.39 is 5.82 Å². The van der Waals surface area contributed by atoms with Crippen LogP contribution in [0.15, 0.2) is 35.4 Å². The lowest BCUT2D eigenvalue weighted by molar-refractivity contribution is 0.601. The van der Waals surface area contributed by atoms with Crippen LogP contribution in [0.2, 0.25) is 5.02 Å². The molecule has 1 heterocycles. The third kappa shape index (κ3) is 4.27. The van der Waals surface area contributed by atoms with Crippen LogP contribution in [0.25, 0.3) is 10.9 Å². The van der Waals surface area contributed by atoms with E-state index in [4.69, 9.17) is 11.6 Å². The molecule has 0 bridgehead atoms. The first kappa shape index (κ1) is 21.0. The van der Waals surface area contributed by atoms with Crippen molar-refractivity contribution in [2.24, 2.45) is 5.92 Å². The molecule has 1 saturated carbocycles. The van der Waals surface area contributed by atoms with Gasteiger partial charge in [-0.15, -0.1) is 0 Å². The fourth-order valence-electron chi connectivity index (χ4n) is 3.36. The van der Waals surface area contributed by atoms with E-state index in [9.17, 15) is 9.18 Å². The quantitative estimate of drug-likeness (QED) is 0.322. The fourth-order valence-corrected chi connectivity index (χ4v) is 4.29. The van der Waals surface area contributed by atoms with Gasteiger partial charge in [-0.3, -0.25) is 9.36 Å². The Labute approximate surface area is 184 Å². The Morgan fingerprint density at radius 2 is 2.03 bits per heavy atom. The molecule has 1 aliphatic carbocycles. The maximum absolute atomic E-state index is 14.6. The van der Waals surface area contributed by atoms with E-state index in [1.807, 2.05) is 6.92 Å². The van der Waals surface area contributed by atoms with E-state index in [-0.39, 0.29) is 16.3 Å². The van der Waals surface area contributed by atoms with Crippen molar-refractivity contribution in [2.45, 2.75) is 39.7 Å². The van der Waals surface area contributed by atoms with E-state index >= 15 is 0 Å². The van der Waals surface area contributed by atoms with Gasteiger partial charge in [-0.2, -0.15) is 0 Å². The summed E-state index contributed by atoms with van der Waals surface area (Å²) < 4.78 is 19.4. The molecule has 30 heavy (non-hydrogen) atoms. The van der Waals surface area contributed by atoms with Gasteiger partial charge in [0.05, 0.1) is 33.6 Å². The summed E-state index contributed by atoms with van der Waals surface area (Å²) in [5, 5.41) is 3.92. The van der Waals surface area contributed by atoms with Gasteiger partial charge in [-0.25, -0.2) is 9.37 Å². The summed E-state index contributed by atoms with van der Waals surface area (Å²) in [4.78, 5) is 17.5. The summed E-state index contributed by atoms with van der Waals surface area (Å²) in [6.07, 6.45) is 4.95. The Hall–Kier alpha value is -2.25. The lowest BCUT2D eigenvalue weighted by Crippen LogP contribution is -2.22. The summed E-state index contributed by atoms with van der Waals surface area (Å²) in [5.74, 6) is 1.03. The van der Waals surface area contributed by atoms with Crippen LogP contribution in [0.1, 0.15) is 31.7 Å². The molecule has 4 rings (SSSR count). The van der Waals surface area contributed by atoms with Crippen molar-refractivity contribution in [1.82, 2.24) is 9.55 Å². The first-order valence-corrected chi connectivity index (χ1v) is 11.5. The van der Waals surface area contributed by atoms with Crippen LogP contribution < -0.4 is 15.6 Å². The van der Waals surface area contributed by atoms with E-state index in [2.05, 4.69) is 21.9 Å². The molecule has 1 aromatic heterocycles. The first-order chi connectivity index (χ1) is 14.5. The molecular formula is C22H24ClFN4OS. The normalized spacial score (nSPS) is 13.6. The zero-order chi connectivity index (χ0) is 21.3. The molecule has 0 aliphatic heterocycles. The standard InChI is InChI=1S/C22H24ClFN4OS/c1-3-10-30-27-18-7-6-15(24)21(20(18)23)26-16-8-9-17-19(13(16)2)22(29)28(12-25-17)11-14-4-5-14/h6-9,12,14,26-27H,3-5,10-11H2,1-2H3. The van der Waals surface area contributed by atoms with Crippen LogP contribution in [-0.4, -0.2) is 15.3 Å². The van der Waals surface area contributed by atoms with Gasteiger partial charge in [0, 0.05) is 18.0 Å². The molecule has 0 radical (unpaired) electrons. The highest BCUT2D eigenvalue weighted by molar-refractivity contribution is 8.00. The number of rotatable bonds is 8. The summed E-state index contributed by atoms with van der Waals surface area (Å²) in [7, 11) is 0. The number of nitrogens with one attached hydrogen (secondary N) is 2. The van der Waals surface area contributed by atoms with E-state index in [0.717, 1.165) is 30.6 Å². The Morgan fingerprint density at radius 3 is 2.77 bits per heavy atom. The van der Waals surface area contributed by atoms with Crippen LogP contribution >= 0.6 is 23.5 Å². The Morgan fingerprint density at radius 1 is 1.27 bits per heavy atom. The van der Waals surface area contributed by atoms with Crippen molar-refractivity contribution in [2.75, 3.05) is 15.8 Å². The molecule has 8 heteroatoms. The van der Waals surface area contributed by atoms with Crippen LogP contribution in [0.5, 0.6) is 0 Å². The van der Waals surface area contributed by atoms with Crippen LogP contribution in [0.3, 0.4) is 0 Å². The molecular weight excluding hydrogens is 423 g/mol. The third-order valence-electron chi connectivity index (χ3n) is 5.24. The lowest BCUT2D eigenvalue weighted by Gasteiger charge is -2.16. The summed E-state index contributed by atoms with van der Waals surface area (Å²) in [6.45, 7) is 4.63. The Balaban J connectivity index is 1.70. The number of hydrogen-bond donors (Lipinski definition) is 2. The number of anilines is 3. The number of halogens is 2. The first-order valence-electron chi connectivity index (χ1n) is 10.1. The second kappa shape index (κ2) is 8.86. The highest BCUT2D eigenvalue weighted by Crippen LogP contribution is 2.37. The molecule has 0 amide bonds. The van der Waals surface area contributed by atoms with Gasteiger partial charge in [-0.1, -0.05) is 30.5 Å². The second-order valence-electron chi connectivity index (χ2n) is 7.64. The van der Waals surface area contributed by atoms with Gasteiger partial charge >= 0.3 is 0 Å². The molecule has 0 saturated heterocycles. The third-order valence-corrected chi connectivity index (χ3v) is 6.61. The minimum Gasteiger partial charge on any atom is -0.352 e. The maximum atomic E-state index is 14.6. The topological polar surface area (TPSA) is 59.0 Å². The predicted molar refractivity (Wildman–Crippen MR) is 125 cm³/mol. The van der Waals surface area contributed by atoms with E-state index in [1.165, 1.54) is 18.0 Å². The molecule has 0 atom stereocenters. The minimum atomic E-state index is -0.456. The van der Waals surface area contributed by atoms with Crippen LogP contribution in [-0.2, 0) is 6.54 Å². The van der Waals surface area contributed by atoms with E-state index in [0.29, 0.717) is 34.7 Å². The number of nitrogens with zero attached hydrogens (tertiary/aromatic N) is 2. The number of hydrogen-bond acceptors (Lipinski definition) is 5. The molecule has 0 unspecified atom stereocenters. The average Bonchev–Trinajstić information content (AvgIpc) is 3.54. The maximum Gasteiger partial charge on any atom is 0.261 e. The predicted octanol–water partition coefficient (Wildman–Crippen LogP) is 6.12. The van der Waals surface area contributed by atoms with Crippen molar-refractivity contribution < 1.29 is 4.39 Å². The van der Waals surface area contributed by atoms with Gasteiger partial charge in [0.2, 0.25) is 0 Å². The highest BCUT2D eigenvalue weighted by Gasteiger charge is 2.23. The number of fused-ring (bicyclic) bond motifs is 1. The molecule has 2 N–H and O–H groups in total. The van der Waals surface area contributed by atoms with Gasteiger partial charge in [0.25, 0.3) is 5.56 Å². The van der Waals surface area contributed by atoms with Gasteiger partial charge in [0.1, 0.15) is 5.82 Å². The second-order valence-corrected chi connectivity index (χ2v) is 8.92. The molecule has 158 valence electrons. The minimum absolute atomic E-state index is 0.0639. The highest BCUT2D eigenvalue weighted by atomic mass is 35.5. The van der Waals surface area contributed by atoms with Crippen LogP contribution in [0.4, 0.5) is 21.5 Å². The van der Waals surface area contributed by atoms with Gasteiger partial charge in [0.15, 0.2) is 0 Å². The zero-order valence-electron chi connectivity index (χ0n) is 17.0. The van der Waals surface area contributed by atoms with Crippen molar-refractivity contribution in [1.29, 1.82) is 0 Å². The summed E-state index contributed by atoms with van der Waals surface area (Å²) in [5.41, 5.74) is 2.75. The zero-order valence-corrected chi connectivity index (χ0v) is 18.5. The molecule has 5 nitrogen and oxygen atoms in total. The largest absolute Gasteiger partial charge is 0.352 e. The SMILES string of the molecule is CCCSNc1ccc(F)c(Nc2ccc3ncn(CC4CC4)c(=O)c3c2C)c1Cl. The summed E-state index contributed by atoms with van der Waals surface area (Å²) >= 11 is 8.00. The molecule has 1 fully saturated rings. The lowest BCUT2D eigenvalue weighted by atomic mass is 10.1. The van der Waals surface area contributed by atoms with Crippen molar-refractivity contribution in [3.8, 4) is 0 Å². The van der Waals surface area contributed by atoms with Gasteiger partial charge < -0.3 is 10.0 Å². The van der Waals surface area contributed by atoms with Crippen molar-refractivity contribution in [3.63, 3.8) is 0 Å². The van der Waals surface area contributed by atoms with Crippen LogP contribution in [0, 0.1) is 18.7 Å². The Kier molecular flexibility index (Phi) is 6.20. The number of aryl methyl sites for hydroxylation is 1. The van der Waals surface area contributed by atoms with E-state index in [1.54, 1.807) is 29.1 Å². The monoisotopic (exact) mass is 446 g/mol. The number of aromatic nitrogens is 2.